The molecule has 3 rings (SSSR count). The van der Waals surface area contributed by atoms with Crippen LogP contribution >= 0.6 is 0 Å². The predicted octanol–water partition coefficient (Wildman–Crippen LogP) is 2.86. The summed E-state index contributed by atoms with van der Waals surface area (Å²) in [6.45, 7) is 0. The Bertz CT molecular complexity index is 545. The molecule has 1 aromatic rings. The molecule has 1 aromatic carbocycles. The Morgan fingerprint density at radius 2 is 1.90 bits per heavy atom. The maximum absolute atomic E-state index is 11.5. The molecule has 104 valence electrons. The number of ether oxygens (including phenoxy) is 1. The summed E-state index contributed by atoms with van der Waals surface area (Å²) in [5.41, 5.74) is 0.406. The van der Waals surface area contributed by atoms with Crippen molar-refractivity contribution < 1.29 is 9.53 Å². The van der Waals surface area contributed by atoms with E-state index in [0.29, 0.717) is 5.84 Å². The van der Waals surface area contributed by atoms with Gasteiger partial charge in [-0.15, -0.1) is 5.10 Å². The quantitative estimate of drug-likeness (QED) is 0.664. The van der Waals surface area contributed by atoms with Crippen molar-refractivity contribution in [2.75, 3.05) is 0 Å². The van der Waals surface area contributed by atoms with Crippen LogP contribution in [0.3, 0.4) is 0 Å². The lowest BCUT2D eigenvalue weighted by molar-refractivity contribution is 0.0567. The highest BCUT2D eigenvalue weighted by atomic mass is 16.6. The van der Waals surface area contributed by atoms with Gasteiger partial charge in [0.2, 0.25) is 0 Å². The lowest BCUT2D eigenvalue weighted by Crippen LogP contribution is -2.41. The van der Waals surface area contributed by atoms with Gasteiger partial charge in [0.15, 0.2) is 11.4 Å². The number of rotatable bonds is 2. The molecule has 1 heterocycles. The van der Waals surface area contributed by atoms with E-state index < -0.39 is 11.7 Å². The van der Waals surface area contributed by atoms with Crippen molar-refractivity contribution in [2.24, 2.45) is 10.2 Å². The third kappa shape index (κ3) is 2.57. The number of nitrogens with one attached hydrogen (secondary N) is 1. The molecular weight excluding hydrogens is 254 g/mol. The first-order valence-electron chi connectivity index (χ1n) is 6.95. The largest absolute Gasteiger partial charge is 0.434 e. The number of nitrogens with zero attached hydrogens (tertiary/aromatic N) is 2. The Morgan fingerprint density at radius 3 is 2.65 bits per heavy atom. The number of hydrogen-bond donors (Lipinski definition) is 1. The van der Waals surface area contributed by atoms with Crippen LogP contribution in [0.1, 0.15) is 37.7 Å². The maximum Gasteiger partial charge on any atom is 0.413 e. The van der Waals surface area contributed by atoms with Gasteiger partial charge in [-0.3, -0.25) is 5.32 Å². The normalized spacial score (nSPS) is 23.2. The molecule has 1 amide bonds. The van der Waals surface area contributed by atoms with Gasteiger partial charge >= 0.3 is 6.09 Å². The van der Waals surface area contributed by atoms with Crippen LogP contribution in [-0.4, -0.2) is 23.7 Å². The molecule has 20 heavy (non-hydrogen) atoms. The van der Waals surface area contributed by atoms with Crippen LogP contribution in [0, 0.1) is 0 Å². The summed E-state index contributed by atoms with van der Waals surface area (Å²) < 4.78 is 5.45. The Hall–Kier alpha value is -2.17. The minimum Gasteiger partial charge on any atom is -0.434 e. The molecule has 0 radical (unpaired) electrons. The first-order valence-corrected chi connectivity index (χ1v) is 6.95. The van der Waals surface area contributed by atoms with E-state index in [4.69, 9.17) is 4.74 Å². The number of amidine groups is 1. The summed E-state index contributed by atoms with van der Waals surface area (Å²) in [6, 6.07) is 9.73. The maximum atomic E-state index is 11.5. The molecule has 0 aromatic heterocycles. The Balaban J connectivity index is 1.79. The van der Waals surface area contributed by atoms with Crippen LogP contribution in [0.25, 0.3) is 0 Å². The van der Waals surface area contributed by atoms with Crippen molar-refractivity contribution in [3.63, 3.8) is 0 Å². The summed E-state index contributed by atoms with van der Waals surface area (Å²) in [5, 5.41) is 10.9. The second-order valence-corrected chi connectivity index (χ2v) is 5.17. The van der Waals surface area contributed by atoms with Crippen molar-refractivity contribution in [1.82, 2.24) is 5.32 Å². The van der Waals surface area contributed by atoms with E-state index in [-0.39, 0.29) is 0 Å². The molecule has 0 unspecified atom stereocenters. The smallest absolute Gasteiger partial charge is 0.413 e. The first kappa shape index (κ1) is 12.8. The van der Waals surface area contributed by atoms with E-state index in [2.05, 4.69) is 15.5 Å². The fraction of sp³-hybridized carbons (Fsp3) is 0.400. The summed E-state index contributed by atoms with van der Waals surface area (Å²) in [5.74, 6) is 0.550. The summed E-state index contributed by atoms with van der Waals surface area (Å²) in [7, 11) is 0. The highest BCUT2D eigenvalue weighted by molar-refractivity contribution is 6.06. The minimum atomic E-state index is -0.566. The highest BCUT2D eigenvalue weighted by Crippen LogP contribution is 2.35. The van der Waals surface area contributed by atoms with Crippen molar-refractivity contribution in [3.05, 3.63) is 35.9 Å². The van der Waals surface area contributed by atoms with Crippen LogP contribution in [0.4, 0.5) is 4.79 Å². The van der Waals surface area contributed by atoms with Gasteiger partial charge in [0.1, 0.15) is 0 Å². The van der Waals surface area contributed by atoms with E-state index >= 15 is 0 Å². The van der Waals surface area contributed by atoms with Gasteiger partial charge in [-0.05, 0) is 31.2 Å². The molecule has 1 saturated heterocycles. The van der Waals surface area contributed by atoms with Crippen molar-refractivity contribution in [3.8, 4) is 0 Å². The zero-order chi connectivity index (χ0) is 13.8. The number of carbonyl (C=O) groups excluding carboxylic acids is 1. The van der Waals surface area contributed by atoms with Gasteiger partial charge in [0, 0.05) is 0 Å². The fourth-order valence-corrected chi connectivity index (χ4v) is 2.73. The fourth-order valence-electron chi connectivity index (χ4n) is 2.73. The molecule has 1 spiro atoms. The van der Waals surface area contributed by atoms with E-state index in [0.717, 1.165) is 31.2 Å². The zero-order valence-corrected chi connectivity index (χ0v) is 11.2. The second kappa shape index (κ2) is 5.45. The third-order valence-corrected chi connectivity index (χ3v) is 3.77. The Kier molecular flexibility index (Phi) is 3.50. The van der Waals surface area contributed by atoms with Gasteiger partial charge in [0.25, 0.3) is 0 Å². The predicted molar refractivity (Wildman–Crippen MR) is 76.9 cm³/mol. The van der Waals surface area contributed by atoms with Gasteiger partial charge in [0.05, 0.1) is 6.21 Å². The Labute approximate surface area is 117 Å². The molecule has 5 nitrogen and oxygen atoms in total. The average Bonchev–Trinajstić information content (AvgIpc) is 2.76. The van der Waals surface area contributed by atoms with Gasteiger partial charge in [-0.1, -0.05) is 36.8 Å². The van der Waals surface area contributed by atoms with Crippen LogP contribution in [0.5, 0.6) is 0 Å². The van der Waals surface area contributed by atoms with Crippen molar-refractivity contribution in [2.45, 2.75) is 37.7 Å². The van der Waals surface area contributed by atoms with Crippen LogP contribution in [-0.2, 0) is 4.74 Å². The topological polar surface area (TPSA) is 63.0 Å². The summed E-state index contributed by atoms with van der Waals surface area (Å²) >= 11 is 0. The molecule has 5 heteroatoms. The Morgan fingerprint density at radius 1 is 1.15 bits per heavy atom. The lowest BCUT2D eigenvalue weighted by atomic mass is 9.84. The SMILES string of the molecule is O=C1N/C(=N/N=C/c2ccccc2)C2(CCCCC2)O1. The number of benzene rings is 1. The average molecular weight is 271 g/mol. The van der Waals surface area contributed by atoms with Gasteiger partial charge in [-0.2, -0.15) is 5.10 Å². The summed E-state index contributed by atoms with van der Waals surface area (Å²) in [4.78, 5) is 11.5. The molecule has 1 aliphatic carbocycles. The van der Waals surface area contributed by atoms with E-state index in [1.54, 1.807) is 6.21 Å². The molecule has 0 atom stereocenters. The number of alkyl carbamates (subject to hydrolysis) is 1. The first-order chi connectivity index (χ1) is 9.78. The van der Waals surface area contributed by atoms with Crippen LogP contribution in [0.2, 0.25) is 0 Å². The molecule has 1 aliphatic heterocycles. The molecule has 0 bridgehead atoms. The van der Waals surface area contributed by atoms with Gasteiger partial charge in [-0.25, -0.2) is 4.79 Å². The van der Waals surface area contributed by atoms with Crippen LogP contribution in [0.15, 0.2) is 40.5 Å². The van der Waals surface area contributed by atoms with Crippen molar-refractivity contribution in [1.29, 1.82) is 0 Å². The zero-order valence-electron chi connectivity index (χ0n) is 11.2. The van der Waals surface area contributed by atoms with Crippen molar-refractivity contribution >= 4 is 18.1 Å². The van der Waals surface area contributed by atoms with E-state index in [9.17, 15) is 4.79 Å². The van der Waals surface area contributed by atoms with Crippen LogP contribution < -0.4 is 5.32 Å². The number of amides is 1. The number of hydrogen-bond acceptors (Lipinski definition) is 4. The molecule has 1 N–H and O–H groups in total. The molecule has 2 aliphatic rings. The highest BCUT2D eigenvalue weighted by Gasteiger charge is 2.47. The van der Waals surface area contributed by atoms with Gasteiger partial charge < -0.3 is 4.74 Å². The standard InChI is InChI=1S/C15H17N3O2/c19-14-17-13(15(20-14)9-5-2-6-10-15)18-16-11-12-7-3-1-4-8-12/h1,3-4,7-8,11H,2,5-6,9-10H2,(H,17,18,19)/b16-11+. The van der Waals surface area contributed by atoms with E-state index in [1.165, 1.54) is 6.42 Å². The minimum absolute atomic E-state index is 0.416. The number of carbonyl (C=O) groups is 1. The monoisotopic (exact) mass is 271 g/mol. The molecule has 2 fully saturated rings. The lowest BCUT2D eigenvalue weighted by Gasteiger charge is -2.29. The summed E-state index contributed by atoms with van der Waals surface area (Å²) in [6.07, 6.45) is 6.19. The molecule has 1 saturated carbocycles. The van der Waals surface area contributed by atoms with E-state index in [1.807, 2.05) is 30.3 Å². The molecular formula is C15H17N3O2. The third-order valence-electron chi connectivity index (χ3n) is 3.77. The second-order valence-electron chi connectivity index (χ2n) is 5.17.